The predicted molar refractivity (Wildman–Crippen MR) is 167 cm³/mol. The lowest BCUT2D eigenvalue weighted by atomic mass is 9.93. The predicted octanol–water partition coefficient (Wildman–Crippen LogP) is 8.98. The van der Waals surface area contributed by atoms with Crippen molar-refractivity contribution in [3.05, 3.63) is 134 Å². The van der Waals surface area contributed by atoms with Crippen molar-refractivity contribution in [2.24, 2.45) is 0 Å². The van der Waals surface area contributed by atoms with E-state index in [1.807, 2.05) is 36.4 Å². The summed E-state index contributed by atoms with van der Waals surface area (Å²) in [7, 11) is 0. The van der Waals surface area contributed by atoms with Gasteiger partial charge in [0, 0.05) is 12.8 Å². The molecule has 1 aliphatic heterocycles. The second-order valence-electron chi connectivity index (χ2n) is 10.6. The van der Waals surface area contributed by atoms with E-state index in [-0.39, 0.29) is 24.1 Å². The van der Waals surface area contributed by atoms with Gasteiger partial charge in [-0.25, -0.2) is 0 Å². The lowest BCUT2D eigenvalue weighted by Gasteiger charge is -2.36. The molecule has 0 bridgehead atoms. The summed E-state index contributed by atoms with van der Waals surface area (Å²) in [6, 6.07) is 30.9. The van der Waals surface area contributed by atoms with Gasteiger partial charge in [0.2, 0.25) is 0 Å². The zero-order chi connectivity index (χ0) is 28.6. The van der Waals surface area contributed by atoms with Gasteiger partial charge in [0.1, 0.15) is 5.75 Å². The van der Waals surface area contributed by atoms with E-state index in [1.54, 1.807) is 0 Å². The van der Waals surface area contributed by atoms with Gasteiger partial charge in [0.05, 0.1) is 47.6 Å². The van der Waals surface area contributed by atoms with Crippen LogP contribution in [0.3, 0.4) is 0 Å². The molecule has 0 amide bonds. The van der Waals surface area contributed by atoms with E-state index in [9.17, 15) is 5.11 Å². The Labute approximate surface area is 256 Å². The molecule has 1 aliphatic rings. The summed E-state index contributed by atoms with van der Waals surface area (Å²) >= 11 is 10.3. The normalized spacial score (nSPS) is 18.9. The summed E-state index contributed by atoms with van der Waals surface area (Å²) in [5, 5.41) is 11.4. The molecular weight excluding hydrogens is 600 g/mol. The summed E-state index contributed by atoms with van der Waals surface area (Å²) in [5.74, 6) is 0.0390. The standard InChI is InChI=1S/C35H36BrClO4/c1-2-24-13-15-25(16-14-24)17-28-18-31(33(36)35(38)34(28)37)32-20-29(40-22-27-11-7-4-8-12-27)19-30(41-32)23-39-21-26-9-5-3-6-10-26/h3-16,18,29-30,32,38H,2,17,19-23H2,1H3. The van der Waals surface area contributed by atoms with Crippen LogP contribution in [-0.2, 0) is 40.3 Å². The van der Waals surface area contributed by atoms with E-state index in [1.165, 1.54) is 5.56 Å². The van der Waals surface area contributed by atoms with Gasteiger partial charge in [-0.15, -0.1) is 0 Å². The van der Waals surface area contributed by atoms with E-state index in [0.717, 1.165) is 40.7 Å². The lowest BCUT2D eigenvalue weighted by molar-refractivity contribution is -0.142. The van der Waals surface area contributed by atoms with Crippen LogP contribution in [0.1, 0.15) is 59.3 Å². The van der Waals surface area contributed by atoms with Gasteiger partial charge >= 0.3 is 0 Å². The highest BCUT2D eigenvalue weighted by molar-refractivity contribution is 9.10. The number of phenols is 1. The van der Waals surface area contributed by atoms with E-state index < -0.39 is 0 Å². The molecule has 0 radical (unpaired) electrons. The number of aryl methyl sites for hydroxylation is 1. The van der Waals surface area contributed by atoms with Crippen LogP contribution >= 0.6 is 27.5 Å². The zero-order valence-electron chi connectivity index (χ0n) is 23.3. The molecule has 0 aliphatic carbocycles. The third-order valence-electron chi connectivity index (χ3n) is 7.56. The maximum absolute atomic E-state index is 11.0. The number of ether oxygens (including phenoxy) is 3. The van der Waals surface area contributed by atoms with Crippen LogP contribution in [0.25, 0.3) is 0 Å². The number of rotatable bonds is 11. The maximum Gasteiger partial charge on any atom is 0.149 e. The summed E-state index contributed by atoms with van der Waals surface area (Å²) in [5.41, 5.74) is 6.41. The Kier molecular flexibility index (Phi) is 10.5. The van der Waals surface area contributed by atoms with Gasteiger partial charge in [-0.3, -0.25) is 0 Å². The zero-order valence-corrected chi connectivity index (χ0v) is 25.6. The molecule has 4 nitrogen and oxygen atoms in total. The maximum atomic E-state index is 11.0. The molecule has 0 spiro atoms. The fraction of sp³-hybridized carbons (Fsp3) is 0.314. The van der Waals surface area contributed by atoms with Crippen LogP contribution in [0.4, 0.5) is 0 Å². The summed E-state index contributed by atoms with van der Waals surface area (Å²) in [6.07, 6.45) is 2.50. The number of benzene rings is 4. The average Bonchev–Trinajstić information content (AvgIpc) is 3.01. The second-order valence-corrected chi connectivity index (χ2v) is 11.8. The topological polar surface area (TPSA) is 47.9 Å². The van der Waals surface area contributed by atoms with Gasteiger partial charge in [-0.1, -0.05) is 103 Å². The van der Waals surface area contributed by atoms with Gasteiger partial charge in [0.15, 0.2) is 0 Å². The van der Waals surface area contributed by atoms with Crippen LogP contribution in [0.2, 0.25) is 5.02 Å². The van der Waals surface area contributed by atoms with Gasteiger partial charge < -0.3 is 19.3 Å². The number of phenolic OH excluding ortho intramolecular Hbond substituents is 1. The van der Waals surface area contributed by atoms with Crippen molar-refractivity contribution in [3.63, 3.8) is 0 Å². The third-order valence-corrected chi connectivity index (χ3v) is 8.81. The third kappa shape index (κ3) is 8.00. The molecule has 5 rings (SSSR count). The van der Waals surface area contributed by atoms with Crippen LogP contribution in [-0.4, -0.2) is 23.9 Å². The van der Waals surface area contributed by atoms with E-state index in [2.05, 4.69) is 77.5 Å². The molecule has 4 aromatic carbocycles. The molecule has 0 saturated carbocycles. The van der Waals surface area contributed by atoms with E-state index in [4.69, 9.17) is 25.8 Å². The molecule has 1 fully saturated rings. The first-order valence-electron chi connectivity index (χ1n) is 14.2. The largest absolute Gasteiger partial charge is 0.505 e. The fourth-order valence-corrected chi connectivity index (χ4v) is 6.16. The summed E-state index contributed by atoms with van der Waals surface area (Å²) in [4.78, 5) is 0. The van der Waals surface area contributed by atoms with Crippen LogP contribution in [0.5, 0.6) is 5.75 Å². The van der Waals surface area contributed by atoms with Crippen molar-refractivity contribution in [1.82, 2.24) is 0 Å². The molecule has 1 heterocycles. The first kappa shape index (κ1) is 29.8. The Balaban J connectivity index is 1.36. The highest BCUT2D eigenvalue weighted by Gasteiger charge is 2.33. The smallest absolute Gasteiger partial charge is 0.149 e. The Hall–Kier alpha value is -2.67. The van der Waals surface area contributed by atoms with Crippen LogP contribution in [0, 0.1) is 0 Å². The molecule has 1 N–H and O–H groups in total. The molecular formula is C35H36BrClO4. The summed E-state index contributed by atoms with van der Waals surface area (Å²) < 4.78 is 19.7. The van der Waals surface area contributed by atoms with Gasteiger partial charge in [-0.2, -0.15) is 0 Å². The molecule has 1 saturated heterocycles. The highest BCUT2D eigenvalue weighted by Crippen LogP contribution is 2.44. The number of aromatic hydroxyl groups is 1. The summed E-state index contributed by atoms with van der Waals surface area (Å²) in [6.45, 7) is 3.64. The molecule has 6 heteroatoms. The first-order chi connectivity index (χ1) is 20.0. The van der Waals surface area contributed by atoms with Crippen molar-refractivity contribution in [2.45, 2.75) is 64.1 Å². The van der Waals surface area contributed by atoms with Gasteiger partial charge in [-0.05, 0) is 68.2 Å². The van der Waals surface area contributed by atoms with Crippen molar-refractivity contribution in [3.8, 4) is 5.75 Å². The van der Waals surface area contributed by atoms with E-state index >= 15 is 0 Å². The Morgan fingerprint density at radius 1 is 0.854 bits per heavy atom. The molecule has 0 aromatic heterocycles. The first-order valence-corrected chi connectivity index (χ1v) is 15.4. The van der Waals surface area contributed by atoms with Crippen LogP contribution in [0.15, 0.2) is 95.5 Å². The number of hydrogen-bond acceptors (Lipinski definition) is 4. The Morgan fingerprint density at radius 2 is 1.49 bits per heavy atom. The van der Waals surface area contributed by atoms with Crippen molar-refractivity contribution >= 4 is 27.5 Å². The minimum absolute atomic E-state index is 0.0333. The minimum Gasteiger partial charge on any atom is -0.505 e. The van der Waals surface area contributed by atoms with Crippen molar-refractivity contribution in [1.29, 1.82) is 0 Å². The quantitative estimate of drug-likeness (QED) is 0.179. The Bertz CT molecular complexity index is 1400. The lowest BCUT2D eigenvalue weighted by Crippen LogP contribution is -2.36. The highest BCUT2D eigenvalue weighted by atomic mass is 79.9. The van der Waals surface area contributed by atoms with Gasteiger partial charge in [0.25, 0.3) is 0 Å². The SMILES string of the molecule is CCc1ccc(Cc2cc(C3CC(OCc4ccccc4)CC(COCc4ccccc4)O3)c(Br)c(O)c2Cl)cc1. The van der Waals surface area contributed by atoms with Crippen LogP contribution < -0.4 is 0 Å². The number of halogens is 2. The molecule has 41 heavy (non-hydrogen) atoms. The van der Waals surface area contributed by atoms with Crippen molar-refractivity contribution < 1.29 is 19.3 Å². The molecule has 214 valence electrons. The monoisotopic (exact) mass is 634 g/mol. The fourth-order valence-electron chi connectivity index (χ4n) is 5.26. The number of hydrogen-bond donors (Lipinski definition) is 1. The average molecular weight is 636 g/mol. The molecule has 3 unspecified atom stereocenters. The molecule has 4 aromatic rings. The molecule has 3 atom stereocenters. The van der Waals surface area contributed by atoms with E-state index in [0.29, 0.717) is 42.2 Å². The van der Waals surface area contributed by atoms with Crippen molar-refractivity contribution in [2.75, 3.05) is 6.61 Å². The Morgan fingerprint density at radius 3 is 2.15 bits per heavy atom. The minimum atomic E-state index is -0.298. The second kappa shape index (κ2) is 14.5.